The number of halogens is 3. The molecule has 2 atom stereocenters. The van der Waals surface area contributed by atoms with Crippen molar-refractivity contribution in [1.82, 2.24) is 4.90 Å². The predicted octanol–water partition coefficient (Wildman–Crippen LogP) is 6.43. The Kier molecular flexibility index (Phi) is 6.35. The molecule has 5 nitrogen and oxygen atoms in total. The number of hydrogen-bond donors (Lipinski definition) is 0. The third-order valence-corrected chi connectivity index (χ3v) is 7.37. The van der Waals surface area contributed by atoms with Crippen molar-refractivity contribution < 1.29 is 32.2 Å². The van der Waals surface area contributed by atoms with Gasteiger partial charge in [0.15, 0.2) is 6.61 Å². The lowest BCUT2D eigenvalue weighted by atomic mass is 9.90. The summed E-state index contributed by atoms with van der Waals surface area (Å²) in [6.07, 6.45) is -2.20. The first-order valence-electron chi connectivity index (χ1n) is 12.6. The number of fused-ring (bicyclic) bond motifs is 5. The molecule has 8 heteroatoms. The van der Waals surface area contributed by atoms with Gasteiger partial charge >= 0.3 is 12.3 Å². The fourth-order valence-electron chi connectivity index (χ4n) is 5.69. The van der Waals surface area contributed by atoms with Crippen LogP contribution in [0.5, 0.6) is 5.75 Å². The SMILES string of the molecule is O=C(OCC1c2ccccc2-c2ccccc21)N1C2C=C(c3ccc(OCC(F)(F)F)cc3)CC1COC2. The molecule has 196 valence electrons. The minimum atomic E-state index is -4.38. The Morgan fingerprint density at radius 2 is 1.58 bits per heavy atom. The van der Waals surface area contributed by atoms with Crippen LogP contribution in [0.15, 0.2) is 78.9 Å². The van der Waals surface area contributed by atoms with E-state index in [1.54, 1.807) is 17.0 Å². The summed E-state index contributed by atoms with van der Waals surface area (Å²) in [5.41, 5.74) is 6.58. The number of alkyl halides is 3. The van der Waals surface area contributed by atoms with Crippen LogP contribution in [0.4, 0.5) is 18.0 Å². The van der Waals surface area contributed by atoms with E-state index in [9.17, 15) is 18.0 Å². The smallest absolute Gasteiger partial charge is 0.422 e. The molecule has 2 aliphatic heterocycles. The topological polar surface area (TPSA) is 48.0 Å². The molecule has 3 aromatic carbocycles. The third-order valence-electron chi connectivity index (χ3n) is 7.37. The highest BCUT2D eigenvalue weighted by molar-refractivity contribution is 5.79. The van der Waals surface area contributed by atoms with E-state index in [-0.39, 0.29) is 36.5 Å². The van der Waals surface area contributed by atoms with E-state index < -0.39 is 12.8 Å². The van der Waals surface area contributed by atoms with Crippen LogP contribution in [0.25, 0.3) is 16.7 Å². The van der Waals surface area contributed by atoms with Crippen molar-refractivity contribution in [3.05, 3.63) is 95.6 Å². The number of benzene rings is 3. The van der Waals surface area contributed by atoms with Crippen molar-refractivity contribution in [3.8, 4) is 16.9 Å². The summed E-state index contributed by atoms with van der Waals surface area (Å²) in [5.74, 6) is 0.141. The van der Waals surface area contributed by atoms with Gasteiger partial charge in [-0.25, -0.2) is 4.79 Å². The zero-order valence-electron chi connectivity index (χ0n) is 20.5. The Hall–Kier alpha value is -3.78. The molecule has 1 saturated heterocycles. The average molecular weight is 522 g/mol. The van der Waals surface area contributed by atoms with Crippen molar-refractivity contribution in [1.29, 1.82) is 0 Å². The van der Waals surface area contributed by atoms with Crippen LogP contribution in [-0.4, -0.2) is 55.7 Å². The largest absolute Gasteiger partial charge is 0.484 e. The van der Waals surface area contributed by atoms with Gasteiger partial charge in [0.1, 0.15) is 12.4 Å². The Labute approximate surface area is 218 Å². The van der Waals surface area contributed by atoms with Crippen molar-refractivity contribution in [2.75, 3.05) is 26.4 Å². The van der Waals surface area contributed by atoms with E-state index in [0.29, 0.717) is 19.6 Å². The number of rotatable bonds is 5. The Morgan fingerprint density at radius 1 is 0.921 bits per heavy atom. The van der Waals surface area contributed by atoms with Gasteiger partial charge < -0.3 is 14.2 Å². The molecule has 3 aliphatic rings. The number of ether oxygens (including phenoxy) is 3. The van der Waals surface area contributed by atoms with E-state index in [2.05, 4.69) is 24.3 Å². The highest BCUT2D eigenvalue weighted by Gasteiger charge is 2.40. The fraction of sp³-hybridized carbons (Fsp3) is 0.300. The molecular formula is C30H26F3NO4. The average Bonchev–Trinajstić information content (AvgIpc) is 3.23. The maximum absolute atomic E-state index is 13.3. The van der Waals surface area contributed by atoms with Crippen LogP contribution < -0.4 is 4.74 Å². The molecule has 1 aliphatic carbocycles. The lowest BCUT2D eigenvalue weighted by Gasteiger charge is -2.44. The minimum Gasteiger partial charge on any atom is -0.484 e. The molecule has 2 heterocycles. The van der Waals surface area contributed by atoms with Gasteiger partial charge in [-0.05, 0) is 51.9 Å². The van der Waals surface area contributed by atoms with Gasteiger partial charge in [0.05, 0.1) is 25.3 Å². The van der Waals surface area contributed by atoms with Crippen LogP contribution >= 0.6 is 0 Å². The summed E-state index contributed by atoms with van der Waals surface area (Å²) in [7, 11) is 0. The first-order valence-corrected chi connectivity index (χ1v) is 12.6. The highest BCUT2D eigenvalue weighted by atomic mass is 19.4. The summed E-state index contributed by atoms with van der Waals surface area (Å²) >= 11 is 0. The monoisotopic (exact) mass is 521 g/mol. The number of hydrogen-bond acceptors (Lipinski definition) is 4. The highest BCUT2D eigenvalue weighted by Crippen LogP contribution is 2.44. The maximum Gasteiger partial charge on any atom is 0.422 e. The molecule has 0 spiro atoms. The molecule has 6 rings (SSSR count). The van der Waals surface area contributed by atoms with Crippen LogP contribution in [0, 0.1) is 0 Å². The lowest BCUT2D eigenvalue weighted by Crippen LogP contribution is -2.56. The second-order valence-electron chi connectivity index (χ2n) is 9.79. The van der Waals surface area contributed by atoms with Gasteiger partial charge in [0.2, 0.25) is 0 Å². The molecule has 0 aromatic heterocycles. The first kappa shape index (κ1) is 24.6. The van der Waals surface area contributed by atoms with E-state index in [1.165, 1.54) is 23.3 Å². The number of amides is 1. The van der Waals surface area contributed by atoms with Crippen LogP contribution in [0.3, 0.4) is 0 Å². The van der Waals surface area contributed by atoms with Crippen LogP contribution in [0.2, 0.25) is 0 Å². The van der Waals surface area contributed by atoms with E-state index in [4.69, 9.17) is 14.2 Å². The third kappa shape index (κ3) is 4.76. The fourth-order valence-corrected chi connectivity index (χ4v) is 5.69. The van der Waals surface area contributed by atoms with Gasteiger partial charge in [-0.2, -0.15) is 13.2 Å². The van der Waals surface area contributed by atoms with Crippen molar-refractivity contribution in [2.45, 2.75) is 30.6 Å². The molecule has 0 N–H and O–H groups in total. The number of carbonyl (C=O) groups excluding carboxylic acids is 1. The second-order valence-corrected chi connectivity index (χ2v) is 9.79. The zero-order chi connectivity index (χ0) is 26.3. The number of nitrogens with zero attached hydrogens (tertiary/aromatic N) is 1. The van der Waals surface area contributed by atoms with E-state index in [0.717, 1.165) is 22.3 Å². The van der Waals surface area contributed by atoms with E-state index >= 15 is 0 Å². The Bertz CT molecular complexity index is 1320. The summed E-state index contributed by atoms with van der Waals surface area (Å²) in [6, 6.07) is 22.5. The van der Waals surface area contributed by atoms with Crippen LogP contribution in [0.1, 0.15) is 29.0 Å². The molecule has 1 fully saturated rings. The molecule has 1 amide bonds. The van der Waals surface area contributed by atoms with Gasteiger partial charge in [-0.15, -0.1) is 0 Å². The Morgan fingerprint density at radius 3 is 2.21 bits per heavy atom. The van der Waals surface area contributed by atoms with E-state index in [1.807, 2.05) is 30.3 Å². The normalized spacial score (nSPS) is 20.4. The van der Waals surface area contributed by atoms with Gasteiger partial charge in [-0.3, -0.25) is 4.90 Å². The molecule has 38 heavy (non-hydrogen) atoms. The van der Waals surface area contributed by atoms with Crippen molar-refractivity contribution >= 4 is 11.7 Å². The Balaban J connectivity index is 1.15. The van der Waals surface area contributed by atoms with Gasteiger partial charge in [-0.1, -0.05) is 66.7 Å². The summed E-state index contributed by atoms with van der Waals surface area (Å²) in [6.45, 7) is -0.326. The molecule has 2 unspecified atom stereocenters. The number of morpholine rings is 1. The van der Waals surface area contributed by atoms with Crippen molar-refractivity contribution in [3.63, 3.8) is 0 Å². The summed E-state index contributed by atoms with van der Waals surface area (Å²) in [5, 5.41) is 0. The van der Waals surface area contributed by atoms with Gasteiger partial charge in [0.25, 0.3) is 0 Å². The summed E-state index contributed by atoms with van der Waals surface area (Å²) < 4.78 is 53.8. The standard InChI is InChI=1S/C30H26F3NO4/c31-30(32,33)18-38-23-11-9-19(10-12-23)20-13-21-15-36-16-22(14-20)34(21)29(35)37-17-28-26-7-3-1-5-24(26)25-6-2-4-8-27(25)28/h1-13,21-22,28H,14-18H2. The lowest BCUT2D eigenvalue weighted by molar-refractivity contribution is -0.153. The number of carbonyl (C=O) groups is 1. The second kappa shape index (κ2) is 9.83. The molecule has 2 bridgehead atoms. The van der Waals surface area contributed by atoms with Gasteiger partial charge in [0, 0.05) is 5.92 Å². The zero-order valence-corrected chi connectivity index (χ0v) is 20.5. The molecule has 0 saturated carbocycles. The predicted molar refractivity (Wildman–Crippen MR) is 136 cm³/mol. The van der Waals surface area contributed by atoms with Crippen molar-refractivity contribution in [2.24, 2.45) is 0 Å². The first-order chi connectivity index (χ1) is 18.4. The molecule has 0 radical (unpaired) electrons. The molecule has 3 aromatic rings. The van der Waals surface area contributed by atoms with Crippen LogP contribution in [-0.2, 0) is 9.47 Å². The molecular weight excluding hydrogens is 495 g/mol. The quantitative estimate of drug-likeness (QED) is 0.388. The maximum atomic E-state index is 13.3. The summed E-state index contributed by atoms with van der Waals surface area (Å²) in [4.78, 5) is 15.1. The minimum absolute atomic E-state index is 0.0172.